The van der Waals surface area contributed by atoms with Crippen LogP contribution in [0.25, 0.3) is 11.1 Å². The first-order valence-corrected chi connectivity index (χ1v) is 11.9. The van der Waals surface area contributed by atoms with Crippen molar-refractivity contribution < 1.29 is 18.2 Å². The molecule has 0 spiro atoms. The van der Waals surface area contributed by atoms with Gasteiger partial charge in [-0.3, -0.25) is 4.79 Å². The first-order chi connectivity index (χ1) is 16.1. The molecular formula is C25H27FN4O3S. The Kier molecular flexibility index (Phi) is 7.80. The van der Waals surface area contributed by atoms with Crippen molar-refractivity contribution in [2.24, 2.45) is 5.14 Å². The Morgan fingerprint density at radius 3 is 2.32 bits per heavy atom. The third-order valence-electron chi connectivity index (χ3n) is 5.54. The van der Waals surface area contributed by atoms with E-state index < -0.39 is 34.3 Å². The summed E-state index contributed by atoms with van der Waals surface area (Å²) in [6, 6.07) is 17.7. The highest BCUT2D eigenvalue weighted by Crippen LogP contribution is 2.29. The first kappa shape index (κ1) is 25.1. The Morgan fingerprint density at radius 1 is 1.03 bits per heavy atom. The van der Waals surface area contributed by atoms with E-state index in [0.29, 0.717) is 21.7 Å². The Hall–Kier alpha value is -3.56. The third-order valence-corrected chi connectivity index (χ3v) is 6.33. The number of hydrogen-bond donors (Lipinski definition) is 4. The second kappa shape index (κ2) is 10.6. The zero-order chi connectivity index (χ0) is 24.9. The van der Waals surface area contributed by atoms with Crippen LogP contribution in [0.3, 0.4) is 0 Å². The van der Waals surface area contributed by atoms with Crippen molar-refractivity contribution in [3.63, 3.8) is 0 Å². The highest BCUT2D eigenvalue weighted by atomic mass is 32.2. The minimum Gasteiger partial charge on any atom is -0.324 e. The normalized spacial score (nSPS) is 13.4. The second-order valence-corrected chi connectivity index (χ2v) is 9.11. The number of anilines is 2. The smallest absolute Gasteiger partial charge is 0.320 e. The molecule has 0 aliphatic heterocycles. The number of carbonyl (C=O) groups excluding carboxylic acids is 2. The Morgan fingerprint density at radius 2 is 1.71 bits per heavy atom. The van der Waals surface area contributed by atoms with Gasteiger partial charge < -0.3 is 16.0 Å². The lowest BCUT2D eigenvalue weighted by Gasteiger charge is -2.28. The number of nitrogens with one attached hydrogen (secondary N) is 3. The number of aryl methyl sites for hydroxylation is 1. The van der Waals surface area contributed by atoms with Gasteiger partial charge in [-0.25, -0.2) is 18.5 Å². The Bertz CT molecular complexity index is 1230. The molecule has 3 aromatic rings. The maximum Gasteiger partial charge on any atom is 0.320 e. The van der Waals surface area contributed by atoms with Gasteiger partial charge >= 0.3 is 6.03 Å². The summed E-state index contributed by atoms with van der Waals surface area (Å²) in [5, 5.41) is 13.4. The van der Waals surface area contributed by atoms with Gasteiger partial charge in [-0.15, -0.1) is 0 Å². The number of hydrogen-bond acceptors (Lipinski definition) is 3. The van der Waals surface area contributed by atoms with Gasteiger partial charge in [0, 0.05) is 5.69 Å². The molecule has 2 atom stereocenters. The van der Waals surface area contributed by atoms with Crippen LogP contribution in [0.4, 0.5) is 20.6 Å². The summed E-state index contributed by atoms with van der Waals surface area (Å²) in [7, 11) is -1.74. The monoisotopic (exact) mass is 482 g/mol. The van der Waals surface area contributed by atoms with Crippen LogP contribution in [0.5, 0.6) is 0 Å². The van der Waals surface area contributed by atoms with E-state index in [0.717, 1.165) is 5.56 Å². The lowest BCUT2D eigenvalue weighted by atomic mass is 9.97. The van der Waals surface area contributed by atoms with Crippen LogP contribution >= 0.6 is 0 Å². The van der Waals surface area contributed by atoms with Gasteiger partial charge in [0.2, 0.25) is 5.91 Å². The summed E-state index contributed by atoms with van der Waals surface area (Å²) in [6.45, 7) is 5.25. The van der Waals surface area contributed by atoms with Crippen molar-refractivity contribution in [3.8, 4) is 11.1 Å². The second-order valence-electron chi connectivity index (χ2n) is 8.07. The van der Waals surface area contributed by atoms with E-state index in [1.165, 1.54) is 12.1 Å². The molecular weight excluding hydrogens is 455 g/mol. The molecule has 0 aromatic heterocycles. The highest BCUT2D eigenvalue weighted by molar-refractivity contribution is 7.82. The molecule has 3 amide bonds. The molecule has 178 valence electrons. The molecule has 0 saturated heterocycles. The molecule has 2 unspecified atom stereocenters. The summed E-state index contributed by atoms with van der Waals surface area (Å²) in [5.74, 6) is -1.24. The number of amides is 3. The van der Waals surface area contributed by atoms with E-state index in [4.69, 9.17) is 5.14 Å². The summed E-state index contributed by atoms with van der Waals surface area (Å²) in [5.41, 5.74) is 1.31. The van der Waals surface area contributed by atoms with E-state index in [1.54, 1.807) is 56.3 Å². The van der Waals surface area contributed by atoms with Gasteiger partial charge in [-0.05, 0) is 61.7 Å². The van der Waals surface area contributed by atoms with Gasteiger partial charge in [-0.2, -0.15) is 0 Å². The molecule has 0 aliphatic rings. The lowest BCUT2D eigenvalue weighted by Crippen LogP contribution is -2.55. The molecule has 3 rings (SSSR count). The molecule has 9 heteroatoms. The SMILES string of the molecule is CCC(C)(NC(=O)Nc1ccc(C)cc1)C(=O)Nc1ccc(-c2ccccc2S(N)=O)cc1F. The van der Waals surface area contributed by atoms with Crippen LogP contribution in [0.15, 0.2) is 71.6 Å². The van der Waals surface area contributed by atoms with Crippen LogP contribution in [-0.2, 0) is 15.8 Å². The standard InChI is InChI=1S/C25H27FN4O3S/c1-4-25(3,30-24(32)28-18-12-9-16(2)10-13-18)23(31)29-21-14-11-17(15-20(21)26)19-7-5-6-8-22(19)34(27)33/h5-15H,4,27H2,1-3H3,(H,29,31)(H2,28,30,32). The van der Waals surface area contributed by atoms with E-state index in [-0.39, 0.29) is 12.1 Å². The van der Waals surface area contributed by atoms with Gasteiger partial charge in [0.15, 0.2) is 0 Å². The fourth-order valence-electron chi connectivity index (χ4n) is 3.28. The van der Waals surface area contributed by atoms with E-state index >= 15 is 0 Å². The average molecular weight is 483 g/mol. The van der Waals surface area contributed by atoms with Crippen LogP contribution in [0.2, 0.25) is 0 Å². The van der Waals surface area contributed by atoms with Gasteiger partial charge in [0.1, 0.15) is 22.3 Å². The quantitative estimate of drug-likeness (QED) is 0.391. The maximum absolute atomic E-state index is 14.9. The zero-order valence-electron chi connectivity index (χ0n) is 19.1. The summed E-state index contributed by atoms with van der Waals surface area (Å²) >= 11 is 0. The Balaban J connectivity index is 1.74. The maximum atomic E-state index is 14.9. The van der Waals surface area contributed by atoms with E-state index in [2.05, 4.69) is 16.0 Å². The van der Waals surface area contributed by atoms with Crippen molar-refractivity contribution in [1.29, 1.82) is 0 Å². The molecule has 0 bridgehead atoms. The molecule has 0 radical (unpaired) electrons. The van der Waals surface area contributed by atoms with Gasteiger partial charge in [0.05, 0.1) is 10.6 Å². The minimum atomic E-state index is -1.74. The molecule has 3 aromatic carbocycles. The number of rotatable bonds is 7. The zero-order valence-corrected chi connectivity index (χ0v) is 20.0. The molecule has 7 nitrogen and oxygen atoms in total. The van der Waals surface area contributed by atoms with Crippen LogP contribution < -0.4 is 21.1 Å². The largest absolute Gasteiger partial charge is 0.324 e. The van der Waals surface area contributed by atoms with E-state index in [9.17, 15) is 18.2 Å². The van der Waals surface area contributed by atoms with E-state index in [1.807, 2.05) is 19.1 Å². The minimum absolute atomic E-state index is 0.0412. The fraction of sp³-hybridized carbons (Fsp3) is 0.200. The predicted octanol–water partition coefficient (Wildman–Crippen LogP) is 4.71. The lowest BCUT2D eigenvalue weighted by molar-refractivity contribution is -0.121. The topological polar surface area (TPSA) is 113 Å². The van der Waals surface area contributed by atoms with Gasteiger partial charge in [-0.1, -0.05) is 48.9 Å². The molecule has 0 aliphatic carbocycles. The fourth-order valence-corrected chi connectivity index (χ4v) is 3.90. The highest BCUT2D eigenvalue weighted by Gasteiger charge is 2.33. The molecule has 34 heavy (non-hydrogen) atoms. The van der Waals surface area contributed by atoms with Gasteiger partial charge in [0.25, 0.3) is 0 Å². The van der Waals surface area contributed by atoms with Crippen LogP contribution in [0.1, 0.15) is 25.8 Å². The van der Waals surface area contributed by atoms with Crippen molar-refractivity contribution in [1.82, 2.24) is 5.32 Å². The number of carbonyl (C=O) groups is 2. The van der Waals surface area contributed by atoms with Crippen molar-refractivity contribution in [2.75, 3.05) is 10.6 Å². The number of benzene rings is 3. The average Bonchev–Trinajstić information content (AvgIpc) is 2.81. The summed E-state index contributed by atoms with van der Waals surface area (Å²) in [6.07, 6.45) is 0.273. The number of halogens is 1. The molecule has 0 heterocycles. The predicted molar refractivity (Wildman–Crippen MR) is 133 cm³/mol. The third kappa shape index (κ3) is 5.86. The van der Waals surface area contributed by atoms with Crippen molar-refractivity contribution in [3.05, 3.63) is 78.1 Å². The molecule has 0 saturated carbocycles. The molecule has 0 fully saturated rings. The number of urea groups is 1. The van der Waals surface area contributed by atoms with Crippen molar-refractivity contribution >= 4 is 34.3 Å². The summed E-state index contributed by atoms with van der Waals surface area (Å²) < 4.78 is 26.7. The molecule has 5 N–H and O–H groups in total. The Labute approximate surface area is 200 Å². The van der Waals surface area contributed by atoms with Crippen molar-refractivity contribution in [2.45, 2.75) is 37.6 Å². The summed E-state index contributed by atoms with van der Waals surface area (Å²) in [4.78, 5) is 25.8. The van der Waals surface area contributed by atoms with Crippen LogP contribution in [0, 0.1) is 12.7 Å². The number of nitrogens with two attached hydrogens (primary N) is 1. The van der Waals surface area contributed by atoms with Crippen LogP contribution in [-0.4, -0.2) is 21.7 Å². The first-order valence-electron chi connectivity index (χ1n) is 10.7.